The van der Waals surface area contributed by atoms with E-state index < -0.39 is 0 Å². The van der Waals surface area contributed by atoms with Gasteiger partial charge in [0.05, 0.1) is 0 Å². The maximum absolute atomic E-state index is 6.93. The van der Waals surface area contributed by atoms with Gasteiger partial charge in [0.15, 0.2) is 17.5 Å². The summed E-state index contributed by atoms with van der Waals surface area (Å²) in [7, 11) is 0. The Hall–Kier alpha value is -8.97. The number of aromatic nitrogens is 3. The van der Waals surface area contributed by atoms with Gasteiger partial charge >= 0.3 is 0 Å². The first kappa shape index (κ1) is 38.2. The average molecular weight is 898 g/mol. The van der Waals surface area contributed by atoms with Crippen LogP contribution in [0.2, 0.25) is 0 Å². The number of hydrogen-bond acceptors (Lipinski definition) is 6. The summed E-state index contributed by atoms with van der Waals surface area (Å²) in [5, 5.41) is 13.4. The van der Waals surface area contributed by atoms with Crippen LogP contribution >= 0.6 is 11.3 Å². The van der Waals surface area contributed by atoms with Crippen LogP contribution in [-0.4, -0.2) is 15.0 Å². The van der Waals surface area contributed by atoms with Crippen molar-refractivity contribution in [1.82, 2.24) is 15.0 Å². The van der Waals surface area contributed by atoms with Gasteiger partial charge in [0.25, 0.3) is 0 Å². The van der Waals surface area contributed by atoms with E-state index in [4.69, 9.17) is 23.8 Å². The second kappa shape index (κ2) is 14.8. The van der Waals surface area contributed by atoms with E-state index in [2.05, 4.69) is 182 Å². The van der Waals surface area contributed by atoms with Crippen LogP contribution in [0.4, 0.5) is 0 Å². The summed E-state index contributed by atoms with van der Waals surface area (Å²) in [4.78, 5) is 16.2. The van der Waals surface area contributed by atoms with E-state index >= 15 is 0 Å². The van der Waals surface area contributed by atoms with Gasteiger partial charge in [0.2, 0.25) is 0 Å². The molecule has 0 saturated heterocycles. The van der Waals surface area contributed by atoms with E-state index in [9.17, 15) is 0 Å². The van der Waals surface area contributed by atoms with Crippen LogP contribution in [0.3, 0.4) is 0 Å². The molecule has 6 heteroatoms. The molecule has 15 aromatic rings. The predicted molar refractivity (Wildman–Crippen MR) is 287 cm³/mol. The first-order chi connectivity index (χ1) is 34.2. The Kier molecular flexibility index (Phi) is 8.17. The van der Waals surface area contributed by atoms with Gasteiger partial charge in [-0.15, -0.1) is 11.3 Å². The summed E-state index contributed by atoms with van der Waals surface area (Å²) in [6.07, 6.45) is 0. The SMILES string of the molecule is c1ccc2c(c1)cc(-c1nc(-c3ccc(-c4cccc5oc6c(-c7cccc8sc9ccccc9c78)cccc6c45)c4ccccc34)nc(-c3cccc4oc5ccccc5c34)n1)c1ccccc12. The number of benzene rings is 11. The Morgan fingerprint density at radius 1 is 0.275 bits per heavy atom. The van der Waals surface area contributed by atoms with Gasteiger partial charge in [-0.3, -0.25) is 0 Å². The van der Waals surface area contributed by atoms with E-state index in [1.807, 2.05) is 41.7 Å². The van der Waals surface area contributed by atoms with Crippen molar-refractivity contribution in [2.45, 2.75) is 0 Å². The highest BCUT2D eigenvalue weighted by Crippen LogP contribution is 2.47. The topological polar surface area (TPSA) is 65.0 Å². The third-order valence-electron chi connectivity index (χ3n) is 14.0. The Morgan fingerprint density at radius 2 is 0.768 bits per heavy atom. The monoisotopic (exact) mass is 897 g/mol. The lowest BCUT2D eigenvalue weighted by Crippen LogP contribution is -2.01. The maximum atomic E-state index is 6.93. The smallest absolute Gasteiger partial charge is 0.164 e. The minimum atomic E-state index is 0.578. The van der Waals surface area contributed by atoms with Crippen LogP contribution < -0.4 is 0 Å². The first-order valence-electron chi connectivity index (χ1n) is 23.2. The fourth-order valence-corrected chi connectivity index (χ4v) is 12.1. The summed E-state index contributed by atoms with van der Waals surface area (Å²) in [6, 6.07) is 74.9. The molecule has 0 saturated carbocycles. The fourth-order valence-electron chi connectivity index (χ4n) is 10.9. The molecule has 0 bridgehead atoms. The fraction of sp³-hybridized carbons (Fsp3) is 0. The van der Waals surface area contributed by atoms with Crippen molar-refractivity contribution in [3.05, 3.63) is 212 Å². The number of nitrogens with zero attached hydrogens (tertiary/aromatic N) is 3. The summed E-state index contributed by atoms with van der Waals surface area (Å²) in [6.45, 7) is 0. The van der Waals surface area contributed by atoms with Crippen molar-refractivity contribution in [2.24, 2.45) is 0 Å². The van der Waals surface area contributed by atoms with E-state index in [0.29, 0.717) is 17.5 Å². The summed E-state index contributed by atoms with van der Waals surface area (Å²) < 4.78 is 15.9. The molecule has 69 heavy (non-hydrogen) atoms. The van der Waals surface area contributed by atoms with Crippen LogP contribution in [-0.2, 0) is 0 Å². The van der Waals surface area contributed by atoms with Gasteiger partial charge < -0.3 is 8.83 Å². The molecule has 0 radical (unpaired) electrons. The zero-order valence-corrected chi connectivity index (χ0v) is 37.6. The zero-order chi connectivity index (χ0) is 45.2. The Bertz CT molecular complexity index is 4640. The lowest BCUT2D eigenvalue weighted by molar-refractivity contribution is 0.669. The lowest BCUT2D eigenvalue weighted by atomic mass is 9.91. The number of rotatable bonds is 5. The maximum Gasteiger partial charge on any atom is 0.164 e. The van der Waals surface area contributed by atoms with Gasteiger partial charge in [0.1, 0.15) is 22.3 Å². The van der Waals surface area contributed by atoms with Crippen molar-refractivity contribution in [1.29, 1.82) is 0 Å². The molecule has 0 aliphatic heterocycles. The molecule has 0 spiro atoms. The largest absolute Gasteiger partial charge is 0.456 e. The molecule has 0 atom stereocenters. The lowest BCUT2D eigenvalue weighted by Gasteiger charge is -2.15. The van der Waals surface area contributed by atoms with E-state index in [0.717, 1.165) is 104 Å². The molecule has 0 unspecified atom stereocenters. The molecule has 11 aromatic carbocycles. The normalized spacial score (nSPS) is 12.1. The van der Waals surface area contributed by atoms with Crippen LogP contribution in [0.15, 0.2) is 221 Å². The third-order valence-corrected chi connectivity index (χ3v) is 15.1. The Balaban J connectivity index is 0.958. The summed E-state index contributed by atoms with van der Waals surface area (Å²) in [5.41, 5.74) is 10.5. The second-order valence-electron chi connectivity index (χ2n) is 17.7. The van der Waals surface area contributed by atoms with E-state index in [-0.39, 0.29) is 0 Å². The van der Waals surface area contributed by atoms with E-state index in [1.165, 1.54) is 31.1 Å². The number of hydrogen-bond donors (Lipinski definition) is 0. The van der Waals surface area contributed by atoms with Crippen molar-refractivity contribution in [3.63, 3.8) is 0 Å². The van der Waals surface area contributed by atoms with Crippen molar-refractivity contribution in [3.8, 4) is 56.4 Å². The third kappa shape index (κ3) is 5.73. The molecule has 0 aliphatic carbocycles. The number of para-hydroxylation sites is 2. The summed E-state index contributed by atoms with van der Waals surface area (Å²) in [5.74, 6) is 1.77. The summed E-state index contributed by atoms with van der Waals surface area (Å²) >= 11 is 1.83. The standard InChI is InChI=1S/C63H35N3O2S/c1-2-16-37-36(15-1)35-51(41-20-6-3-17-38(37)41)63-65-61(64-62(66-63)50-27-13-29-53-58(50)47-21-7-9-28-52(47)67-53)46-34-33-42(39-18-4-5-19-40(39)46)43-23-12-30-54-57(43)49-26-11-25-45(60(49)68-54)44-24-14-32-56-59(44)48-22-8-10-31-55(48)69-56/h1-35H. The molecule has 4 aromatic heterocycles. The molecular weight excluding hydrogens is 863 g/mol. The van der Waals surface area contributed by atoms with Crippen molar-refractivity contribution >= 4 is 108 Å². The number of furan rings is 2. The predicted octanol–water partition coefficient (Wildman–Crippen LogP) is 17.8. The van der Waals surface area contributed by atoms with Crippen LogP contribution in [0.5, 0.6) is 0 Å². The average Bonchev–Trinajstić information content (AvgIpc) is 4.12. The number of fused-ring (bicyclic) bond motifs is 13. The number of thiophene rings is 1. The van der Waals surface area contributed by atoms with Gasteiger partial charge in [-0.25, -0.2) is 15.0 Å². The van der Waals surface area contributed by atoms with Gasteiger partial charge in [-0.05, 0) is 91.5 Å². The minimum Gasteiger partial charge on any atom is -0.456 e. The molecule has 5 nitrogen and oxygen atoms in total. The molecule has 15 rings (SSSR count). The highest BCUT2D eigenvalue weighted by molar-refractivity contribution is 7.26. The van der Waals surface area contributed by atoms with Crippen molar-refractivity contribution in [2.75, 3.05) is 0 Å². The Morgan fingerprint density at radius 3 is 1.58 bits per heavy atom. The highest BCUT2D eigenvalue weighted by atomic mass is 32.1. The van der Waals surface area contributed by atoms with Gasteiger partial charge in [-0.2, -0.15) is 0 Å². The molecule has 0 amide bonds. The zero-order valence-electron chi connectivity index (χ0n) is 36.8. The Labute approximate surface area is 398 Å². The first-order valence-corrected chi connectivity index (χ1v) is 24.0. The van der Waals surface area contributed by atoms with Crippen LogP contribution in [0, 0.1) is 0 Å². The molecular formula is C63H35N3O2S. The van der Waals surface area contributed by atoms with E-state index in [1.54, 1.807) is 0 Å². The van der Waals surface area contributed by atoms with Gasteiger partial charge in [-0.1, -0.05) is 170 Å². The molecule has 320 valence electrons. The van der Waals surface area contributed by atoms with Gasteiger partial charge in [0, 0.05) is 64.0 Å². The second-order valence-corrected chi connectivity index (χ2v) is 18.8. The minimum absolute atomic E-state index is 0.578. The molecule has 0 fully saturated rings. The quantitative estimate of drug-likeness (QED) is 0.161. The van der Waals surface area contributed by atoms with Crippen molar-refractivity contribution < 1.29 is 8.83 Å². The molecule has 4 heterocycles. The highest BCUT2D eigenvalue weighted by Gasteiger charge is 2.23. The molecule has 0 N–H and O–H groups in total. The van der Waals surface area contributed by atoms with Crippen LogP contribution in [0.25, 0.3) is 153 Å². The van der Waals surface area contributed by atoms with Crippen LogP contribution in [0.1, 0.15) is 0 Å². The molecule has 0 aliphatic rings.